The molecule has 2 amide bonds. The van der Waals surface area contributed by atoms with Crippen LogP contribution in [0.5, 0.6) is 0 Å². The number of nitrogens with zero attached hydrogens (tertiary/aromatic N) is 5. The number of carboxylic acids is 2. The van der Waals surface area contributed by atoms with E-state index in [1.165, 1.54) is 45.1 Å². The number of carboxylic acid groups (broad SMARTS) is 2. The van der Waals surface area contributed by atoms with E-state index in [4.69, 9.17) is 15.7 Å². The molecular weight excluding hydrogens is 603 g/mol. The minimum atomic E-state index is -1.30. The van der Waals surface area contributed by atoms with Crippen LogP contribution in [0.4, 0.5) is 5.13 Å². The standard InChI is InChI=1S/C22H19N7O7S4/c1-28-4-2-3-10-18(28)40-22(25-10)39-7-9-6-37-19-14(17(33)29(19)15(9)20(34)35)26-16(32)13(27-36-5-12(30)31)11-8-38-21(23)24-11/h2-4,8,14,19H,5-7H2,1H3,(H4-,23,24,26,30,31,32,34,35)/p+1/t14?,19-/m0/s1. The van der Waals surface area contributed by atoms with Gasteiger partial charge in [0.25, 0.3) is 16.6 Å². The van der Waals surface area contributed by atoms with Crippen molar-refractivity contribution in [2.45, 2.75) is 15.8 Å². The number of oxime groups is 1. The van der Waals surface area contributed by atoms with E-state index >= 15 is 0 Å². The van der Waals surface area contributed by atoms with Crippen molar-refractivity contribution < 1.29 is 38.8 Å². The number of pyridine rings is 1. The minimum absolute atomic E-state index is 0.0409. The zero-order valence-electron chi connectivity index (χ0n) is 20.5. The Hall–Kier alpha value is -3.74. The number of thioether (sulfide) groups is 2. The van der Waals surface area contributed by atoms with Gasteiger partial charge in [0.15, 0.2) is 21.4 Å². The van der Waals surface area contributed by atoms with Crippen LogP contribution in [-0.2, 0) is 31.1 Å². The molecule has 2 atom stereocenters. The molecule has 5 N–H and O–H groups in total. The summed E-state index contributed by atoms with van der Waals surface area (Å²) in [6, 6.07) is 2.77. The number of fused-ring (bicyclic) bond motifs is 2. The SMILES string of the molecule is C[n+]1cccc2nc(SCC3=C(C(=O)O)N4C(=O)C(NC(=O)C(=NOCC(=O)O)c5csc(N)n5)[C@@H]4SC3)sc21. The number of aryl methyl sites for hydroxylation is 1. The lowest BCUT2D eigenvalue weighted by atomic mass is 10.0. The second kappa shape index (κ2) is 11.4. The maximum atomic E-state index is 13.1. The molecule has 3 aromatic rings. The predicted octanol–water partition coefficient (Wildman–Crippen LogP) is 0.496. The first-order valence-electron chi connectivity index (χ1n) is 11.4. The van der Waals surface area contributed by atoms with Gasteiger partial charge in [-0.05, 0) is 23.0 Å². The third-order valence-corrected chi connectivity index (χ3v) is 10.1. The summed E-state index contributed by atoms with van der Waals surface area (Å²) in [5.41, 5.74) is 6.63. The van der Waals surface area contributed by atoms with Gasteiger partial charge < -0.3 is 26.1 Å². The fourth-order valence-corrected chi connectivity index (χ4v) is 8.07. The second-order valence-corrected chi connectivity index (χ2v) is 12.6. The van der Waals surface area contributed by atoms with Crippen molar-refractivity contribution in [2.75, 3.05) is 23.8 Å². The number of hydrogen-bond acceptors (Lipinski definition) is 13. The van der Waals surface area contributed by atoms with Gasteiger partial charge >= 0.3 is 11.9 Å². The molecule has 208 valence electrons. The highest BCUT2D eigenvalue weighted by Gasteiger charge is 2.54. The molecule has 40 heavy (non-hydrogen) atoms. The average molecular weight is 623 g/mol. The molecule has 2 aliphatic rings. The predicted molar refractivity (Wildman–Crippen MR) is 148 cm³/mol. The van der Waals surface area contributed by atoms with Crippen LogP contribution in [0.2, 0.25) is 0 Å². The number of carbonyl (C=O) groups excluding carboxylic acids is 2. The highest BCUT2D eigenvalue weighted by Crippen LogP contribution is 2.42. The number of anilines is 1. The Bertz CT molecular complexity index is 1600. The zero-order valence-corrected chi connectivity index (χ0v) is 23.7. The molecule has 18 heteroatoms. The zero-order chi connectivity index (χ0) is 28.6. The number of aliphatic carboxylic acids is 2. The molecule has 0 aromatic carbocycles. The largest absolute Gasteiger partial charge is 0.479 e. The molecule has 14 nitrogen and oxygen atoms in total. The summed E-state index contributed by atoms with van der Waals surface area (Å²) in [5.74, 6) is -3.32. The maximum absolute atomic E-state index is 13.1. The van der Waals surface area contributed by atoms with E-state index in [9.17, 15) is 24.3 Å². The molecule has 2 aliphatic heterocycles. The number of β-lactam (4-membered cyclic amide) rings is 1. The summed E-state index contributed by atoms with van der Waals surface area (Å²) in [4.78, 5) is 64.6. The van der Waals surface area contributed by atoms with Crippen molar-refractivity contribution >= 4 is 91.1 Å². The molecule has 0 saturated carbocycles. The molecule has 0 bridgehead atoms. The van der Waals surface area contributed by atoms with E-state index in [2.05, 4.69) is 20.4 Å². The van der Waals surface area contributed by atoms with Gasteiger partial charge in [0.1, 0.15) is 35.4 Å². The number of thiazole rings is 2. The molecule has 3 aromatic heterocycles. The number of hydrogen-bond donors (Lipinski definition) is 4. The molecule has 1 fully saturated rings. The molecule has 1 unspecified atom stereocenters. The van der Waals surface area contributed by atoms with Crippen LogP contribution >= 0.6 is 46.2 Å². The lowest BCUT2D eigenvalue weighted by Gasteiger charge is -2.49. The summed E-state index contributed by atoms with van der Waals surface area (Å²) in [6.07, 6.45) is 1.92. The monoisotopic (exact) mass is 622 g/mol. The van der Waals surface area contributed by atoms with Crippen molar-refractivity contribution in [1.29, 1.82) is 0 Å². The van der Waals surface area contributed by atoms with Crippen molar-refractivity contribution in [3.8, 4) is 0 Å². The highest BCUT2D eigenvalue weighted by molar-refractivity contribution is 8.02. The topological polar surface area (TPSA) is 201 Å². The Morgan fingerprint density at radius 2 is 2.15 bits per heavy atom. The van der Waals surface area contributed by atoms with Crippen LogP contribution in [0.3, 0.4) is 0 Å². The number of carbonyl (C=O) groups is 4. The fourth-order valence-electron chi connectivity index (χ4n) is 3.96. The van der Waals surface area contributed by atoms with Crippen molar-refractivity contribution in [2.24, 2.45) is 12.2 Å². The van der Waals surface area contributed by atoms with Crippen molar-refractivity contribution in [3.05, 3.63) is 40.7 Å². The van der Waals surface area contributed by atoms with Gasteiger partial charge in [-0.25, -0.2) is 19.6 Å². The smallest absolute Gasteiger partial charge is 0.352 e. The van der Waals surface area contributed by atoms with Crippen LogP contribution < -0.4 is 15.6 Å². The first-order valence-corrected chi connectivity index (χ1v) is 15.1. The first-order chi connectivity index (χ1) is 19.1. The number of aromatic nitrogens is 3. The Morgan fingerprint density at radius 1 is 1.35 bits per heavy atom. The summed E-state index contributed by atoms with van der Waals surface area (Å²) in [7, 11) is 1.92. The molecule has 0 aliphatic carbocycles. The number of nitrogens with one attached hydrogen (secondary N) is 1. The van der Waals surface area contributed by atoms with E-state index in [-0.39, 0.29) is 22.2 Å². The normalized spacial score (nSPS) is 18.9. The lowest BCUT2D eigenvalue weighted by molar-refractivity contribution is -0.642. The van der Waals surface area contributed by atoms with Crippen LogP contribution in [0.1, 0.15) is 5.69 Å². The number of amides is 2. The summed E-state index contributed by atoms with van der Waals surface area (Å²) in [6.45, 7) is -0.798. The van der Waals surface area contributed by atoms with E-state index < -0.39 is 41.8 Å². The van der Waals surface area contributed by atoms with Gasteiger partial charge in [-0.3, -0.25) is 14.5 Å². The van der Waals surface area contributed by atoms with Gasteiger partial charge in [0, 0.05) is 23.0 Å². The number of nitrogen functional groups attached to an aromatic ring is 1. The molecule has 5 heterocycles. The van der Waals surface area contributed by atoms with Gasteiger partial charge in [-0.1, -0.05) is 16.9 Å². The quantitative estimate of drug-likeness (QED) is 0.0803. The van der Waals surface area contributed by atoms with Gasteiger partial charge in [0.2, 0.25) is 6.61 Å². The summed E-state index contributed by atoms with van der Waals surface area (Å²) in [5, 5.41) is 25.8. The Kier molecular flexibility index (Phi) is 7.92. The summed E-state index contributed by atoms with van der Waals surface area (Å²) < 4.78 is 2.74. The van der Waals surface area contributed by atoms with Gasteiger partial charge in [0.05, 0.1) is 0 Å². The fraction of sp³-hybridized carbons (Fsp3) is 0.273. The van der Waals surface area contributed by atoms with Crippen LogP contribution in [0, 0.1) is 0 Å². The Morgan fingerprint density at radius 3 is 2.83 bits per heavy atom. The van der Waals surface area contributed by atoms with Crippen LogP contribution in [0.15, 0.2) is 44.5 Å². The van der Waals surface area contributed by atoms with Gasteiger partial charge in [-0.15, -0.1) is 23.1 Å². The van der Waals surface area contributed by atoms with E-state index in [0.29, 0.717) is 17.1 Å². The minimum Gasteiger partial charge on any atom is -0.479 e. The number of nitrogens with two attached hydrogens (primary N) is 1. The molecule has 0 radical (unpaired) electrons. The first kappa shape index (κ1) is 27.8. The molecule has 1 saturated heterocycles. The van der Waals surface area contributed by atoms with Crippen LogP contribution in [0.25, 0.3) is 10.3 Å². The van der Waals surface area contributed by atoms with E-state index in [1.54, 1.807) is 0 Å². The molecule has 0 spiro atoms. The van der Waals surface area contributed by atoms with E-state index in [0.717, 1.165) is 26.0 Å². The van der Waals surface area contributed by atoms with Crippen LogP contribution in [-0.4, -0.2) is 84.1 Å². The third-order valence-electron chi connectivity index (χ3n) is 5.73. The maximum Gasteiger partial charge on any atom is 0.352 e. The van der Waals surface area contributed by atoms with Crippen molar-refractivity contribution in [3.63, 3.8) is 0 Å². The molecule has 5 rings (SSSR count). The highest BCUT2D eigenvalue weighted by atomic mass is 32.2. The second-order valence-electron chi connectivity index (χ2n) is 8.37. The molecular formula is C22H20N7O7S4+. The van der Waals surface area contributed by atoms with E-state index in [1.807, 2.05) is 29.9 Å². The van der Waals surface area contributed by atoms with Gasteiger partial charge in [-0.2, -0.15) is 4.57 Å². The van der Waals surface area contributed by atoms with Crippen molar-refractivity contribution in [1.82, 2.24) is 20.2 Å². The third kappa shape index (κ3) is 5.47. The summed E-state index contributed by atoms with van der Waals surface area (Å²) >= 11 is 5.25. The Balaban J connectivity index is 1.31. The average Bonchev–Trinajstić information content (AvgIpc) is 3.54. The number of rotatable bonds is 10. The Labute approximate surface area is 241 Å². The lowest BCUT2D eigenvalue weighted by Crippen LogP contribution is -2.71.